The molecule has 0 radical (unpaired) electrons. The van der Waals surface area contributed by atoms with Crippen molar-refractivity contribution in [3.8, 4) is 28.3 Å². The lowest BCUT2D eigenvalue weighted by molar-refractivity contribution is 0.174. The number of nitrogens with two attached hydrogens (primary N) is 1. The van der Waals surface area contributed by atoms with Gasteiger partial charge in [0.05, 0.1) is 11.0 Å². The SMILES string of the molecule is CC(N)c1ccc2c(c1)ncn2-c1cccc(-c2cccc3c2OCO3)c1. The molecule has 0 spiro atoms. The van der Waals surface area contributed by atoms with Crippen molar-refractivity contribution in [1.82, 2.24) is 9.55 Å². The molecule has 0 bridgehead atoms. The van der Waals surface area contributed by atoms with Gasteiger partial charge in [0, 0.05) is 17.3 Å². The Morgan fingerprint density at radius 1 is 1.04 bits per heavy atom. The summed E-state index contributed by atoms with van der Waals surface area (Å²) in [7, 11) is 0. The van der Waals surface area contributed by atoms with E-state index in [1.54, 1.807) is 0 Å². The summed E-state index contributed by atoms with van der Waals surface area (Å²) in [5.41, 5.74) is 12.2. The minimum atomic E-state index is -0.00901. The van der Waals surface area contributed by atoms with Crippen LogP contribution in [0.3, 0.4) is 0 Å². The van der Waals surface area contributed by atoms with Gasteiger partial charge >= 0.3 is 0 Å². The predicted octanol–water partition coefficient (Wildman–Crippen LogP) is 4.44. The van der Waals surface area contributed by atoms with Crippen molar-refractivity contribution in [1.29, 1.82) is 0 Å². The largest absolute Gasteiger partial charge is 0.454 e. The zero-order valence-electron chi connectivity index (χ0n) is 14.9. The van der Waals surface area contributed by atoms with Crippen LogP contribution < -0.4 is 15.2 Å². The van der Waals surface area contributed by atoms with Gasteiger partial charge in [0.15, 0.2) is 11.5 Å². The van der Waals surface area contributed by atoms with Crippen molar-refractivity contribution in [3.63, 3.8) is 0 Å². The van der Waals surface area contributed by atoms with Gasteiger partial charge < -0.3 is 15.2 Å². The van der Waals surface area contributed by atoms with Crippen LogP contribution in [0.15, 0.2) is 67.0 Å². The third-order valence-electron chi connectivity index (χ3n) is 4.93. The van der Waals surface area contributed by atoms with Gasteiger partial charge in [0.1, 0.15) is 6.33 Å². The Bertz CT molecular complexity index is 1150. The molecule has 0 amide bonds. The second-order valence-electron chi connectivity index (χ2n) is 6.74. The smallest absolute Gasteiger partial charge is 0.231 e. The summed E-state index contributed by atoms with van der Waals surface area (Å²) < 4.78 is 13.3. The minimum Gasteiger partial charge on any atom is -0.454 e. The molecule has 1 atom stereocenters. The molecular formula is C22H19N3O2. The summed E-state index contributed by atoms with van der Waals surface area (Å²) in [5, 5.41) is 0. The second-order valence-corrected chi connectivity index (χ2v) is 6.74. The van der Waals surface area contributed by atoms with E-state index in [-0.39, 0.29) is 12.8 Å². The lowest BCUT2D eigenvalue weighted by Crippen LogP contribution is -2.04. The molecule has 0 fully saturated rings. The fraction of sp³-hybridized carbons (Fsp3) is 0.136. The number of nitrogens with zero attached hydrogens (tertiary/aromatic N) is 2. The lowest BCUT2D eigenvalue weighted by atomic mass is 10.0. The highest BCUT2D eigenvalue weighted by Gasteiger charge is 2.18. The minimum absolute atomic E-state index is 0.00901. The molecule has 3 aromatic carbocycles. The first-order valence-corrected chi connectivity index (χ1v) is 8.93. The predicted molar refractivity (Wildman–Crippen MR) is 105 cm³/mol. The Balaban J connectivity index is 1.61. The molecule has 4 aromatic rings. The number of para-hydroxylation sites is 1. The molecule has 1 aliphatic rings. The molecule has 5 nitrogen and oxygen atoms in total. The van der Waals surface area contributed by atoms with Crippen LogP contribution in [-0.2, 0) is 0 Å². The van der Waals surface area contributed by atoms with E-state index in [1.165, 1.54) is 0 Å². The molecule has 5 heteroatoms. The van der Waals surface area contributed by atoms with Gasteiger partial charge in [-0.05, 0) is 48.4 Å². The summed E-state index contributed by atoms with van der Waals surface area (Å²) >= 11 is 0. The Morgan fingerprint density at radius 2 is 1.93 bits per heavy atom. The fourth-order valence-corrected chi connectivity index (χ4v) is 3.50. The zero-order valence-corrected chi connectivity index (χ0v) is 14.9. The highest BCUT2D eigenvalue weighted by atomic mass is 16.7. The van der Waals surface area contributed by atoms with E-state index < -0.39 is 0 Å². The van der Waals surface area contributed by atoms with Gasteiger partial charge in [-0.25, -0.2) is 4.98 Å². The maximum absolute atomic E-state index is 5.99. The number of rotatable bonds is 3. The van der Waals surface area contributed by atoms with Crippen LogP contribution in [0.4, 0.5) is 0 Å². The number of aromatic nitrogens is 2. The Hall–Kier alpha value is -3.31. The lowest BCUT2D eigenvalue weighted by Gasteiger charge is -2.10. The van der Waals surface area contributed by atoms with Gasteiger partial charge in [-0.2, -0.15) is 0 Å². The maximum Gasteiger partial charge on any atom is 0.231 e. The summed E-state index contributed by atoms with van der Waals surface area (Å²) in [5.74, 6) is 1.58. The van der Waals surface area contributed by atoms with Crippen LogP contribution in [0.2, 0.25) is 0 Å². The molecule has 0 saturated carbocycles. The maximum atomic E-state index is 5.99. The van der Waals surface area contributed by atoms with E-state index in [0.29, 0.717) is 0 Å². The average molecular weight is 357 g/mol. The second kappa shape index (κ2) is 6.14. The third-order valence-corrected chi connectivity index (χ3v) is 4.93. The molecule has 1 unspecified atom stereocenters. The number of imidazole rings is 1. The quantitative estimate of drug-likeness (QED) is 0.589. The van der Waals surface area contributed by atoms with E-state index >= 15 is 0 Å². The van der Waals surface area contributed by atoms with Crippen molar-refractivity contribution in [3.05, 3.63) is 72.6 Å². The molecule has 1 aliphatic heterocycles. The normalized spacial score (nSPS) is 13.9. The van der Waals surface area contributed by atoms with Gasteiger partial charge in [0.25, 0.3) is 0 Å². The number of fused-ring (bicyclic) bond motifs is 2. The molecular weight excluding hydrogens is 338 g/mol. The van der Waals surface area contributed by atoms with Gasteiger partial charge in [-0.15, -0.1) is 0 Å². The summed E-state index contributed by atoms with van der Waals surface area (Å²) in [6.07, 6.45) is 1.85. The van der Waals surface area contributed by atoms with Crippen molar-refractivity contribution in [2.45, 2.75) is 13.0 Å². The molecule has 2 heterocycles. The van der Waals surface area contributed by atoms with E-state index in [2.05, 4.69) is 45.9 Å². The monoisotopic (exact) mass is 357 g/mol. The third kappa shape index (κ3) is 2.64. The Labute approximate surface area is 157 Å². The molecule has 5 rings (SSSR count). The van der Waals surface area contributed by atoms with Crippen LogP contribution in [0.5, 0.6) is 11.5 Å². The standard InChI is InChI=1S/C22H19N3O2/c1-14(23)15-8-9-20-19(11-15)24-12-25(20)17-5-2-4-16(10-17)18-6-3-7-21-22(18)27-13-26-21/h2-12,14H,13,23H2,1H3. The van der Waals surface area contributed by atoms with Crippen LogP contribution in [0.1, 0.15) is 18.5 Å². The molecule has 0 aliphatic carbocycles. The first-order chi connectivity index (χ1) is 13.2. The fourth-order valence-electron chi connectivity index (χ4n) is 3.50. The van der Waals surface area contributed by atoms with Gasteiger partial charge in [-0.3, -0.25) is 4.57 Å². The topological polar surface area (TPSA) is 62.3 Å². The van der Waals surface area contributed by atoms with E-state index in [9.17, 15) is 0 Å². The highest BCUT2D eigenvalue weighted by molar-refractivity contribution is 5.80. The Kier molecular flexibility index (Phi) is 3.62. The number of ether oxygens (including phenoxy) is 2. The zero-order chi connectivity index (χ0) is 18.4. The van der Waals surface area contributed by atoms with Crippen molar-refractivity contribution in [2.75, 3.05) is 6.79 Å². The molecule has 1 aromatic heterocycles. The van der Waals surface area contributed by atoms with Crippen LogP contribution >= 0.6 is 0 Å². The van der Waals surface area contributed by atoms with Crippen molar-refractivity contribution < 1.29 is 9.47 Å². The van der Waals surface area contributed by atoms with E-state index in [1.807, 2.05) is 37.5 Å². The van der Waals surface area contributed by atoms with E-state index in [0.717, 1.165) is 44.9 Å². The van der Waals surface area contributed by atoms with E-state index in [4.69, 9.17) is 15.2 Å². The highest BCUT2D eigenvalue weighted by Crippen LogP contribution is 2.41. The van der Waals surface area contributed by atoms with Crippen LogP contribution in [0.25, 0.3) is 27.8 Å². The number of hydrogen-bond acceptors (Lipinski definition) is 4. The molecule has 0 saturated heterocycles. The van der Waals surface area contributed by atoms with Gasteiger partial charge in [-0.1, -0.05) is 30.3 Å². The van der Waals surface area contributed by atoms with Gasteiger partial charge in [0.2, 0.25) is 6.79 Å². The van der Waals surface area contributed by atoms with Crippen molar-refractivity contribution >= 4 is 11.0 Å². The number of hydrogen-bond donors (Lipinski definition) is 1. The molecule has 27 heavy (non-hydrogen) atoms. The average Bonchev–Trinajstić information content (AvgIpc) is 3.34. The van der Waals surface area contributed by atoms with Crippen LogP contribution in [-0.4, -0.2) is 16.3 Å². The molecule has 134 valence electrons. The first-order valence-electron chi connectivity index (χ1n) is 8.93. The summed E-state index contributed by atoms with van der Waals surface area (Å²) in [4.78, 5) is 4.56. The summed E-state index contributed by atoms with van der Waals surface area (Å²) in [6.45, 7) is 2.24. The van der Waals surface area contributed by atoms with Crippen molar-refractivity contribution in [2.24, 2.45) is 5.73 Å². The Morgan fingerprint density at radius 3 is 2.81 bits per heavy atom. The summed E-state index contributed by atoms with van der Waals surface area (Å²) in [6, 6.07) is 20.5. The molecule has 2 N–H and O–H groups in total. The van der Waals surface area contributed by atoms with Crippen LogP contribution in [0, 0.1) is 0 Å². The first kappa shape index (κ1) is 15.9. The number of benzene rings is 3.